The predicted octanol–water partition coefficient (Wildman–Crippen LogP) is 5.87. The number of aromatic nitrogens is 6. The van der Waals surface area contributed by atoms with Crippen molar-refractivity contribution in [3.63, 3.8) is 0 Å². The molecular weight excluding hydrogens is 535 g/mol. The number of hydrogen-bond donors (Lipinski definition) is 2. The number of halogens is 2. The lowest BCUT2D eigenvalue weighted by atomic mass is 9.86. The molecule has 1 aliphatic rings. The van der Waals surface area contributed by atoms with E-state index in [4.69, 9.17) is 16.6 Å². The Morgan fingerprint density at radius 3 is 2.67 bits per heavy atom. The van der Waals surface area contributed by atoms with Crippen molar-refractivity contribution < 1.29 is 9.18 Å². The van der Waals surface area contributed by atoms with Crippen LogP contribution in [0.25, 0.3) is 0 Å². The summed E-state index contributed by atoms with van der Waals surface area (Å²) >= 11 is 6.44. The molecule has 1 amide bonds. The highest BCUT2D eigenvalue weighted by Crippen LogP contribution is 2.33. The summed E-state index contributed by atoms with van der Waals surface area (Å²) in [5, 5.41) is 21.3. The van der Waals surface area contributed by atoms with Crippen molar-refractivity contribution in [2.45, 2.75) is 65.7 Å². The number of hydrogen-bond acceptors (Lipinski definition) is 6. The number of nitrogens with one attached hydrogen (secondary N) is 2. The topological polar surface area (TPSA) is 129 Å². The largest absolute Gasteiger partial charge is 0.347 e. The quantitative estimate of drug-likeness (QED) is 0.208. The first-order valence-electron chi connectivity index (χ1n) is 13.4. The van der Waals surface area contributed by atoms with Crippen molar-refractivity contribution in [3.8, 4) is 0 Å². The van der Waals surface area contributed by atoms with Crippen LogP contribution in [-0.4, -0.2) is 66.1 Å². The monoisotopic (exact) mass is 568 g/mol. The van der Waals surface area contributed by atoms with Gasteiger partial charge >= 0.3 is 6.03 Å². The minimum Gasteiger partial charge on any atom is -0.341 e. The summed E-state index contributed by atoms with van der Waals surface area (Å²) in [4.78, 5) is 23.4. The molecule has 0 radical (unpaired) electrons. The summed E-state index contributed by atoms with van der Waals surface area (Å²) in [5.74, 6) is 1.09. The number of allylic oxidation sites excluding steroid dienone is 1. The zero-order valence-corrected chi connectivity index (χ0v) is 23.9. The lowest BCUT2D eigenvalue weighted by molar-refractivity contribution is 0.179. The van der Waals surface area contributed by atoms with Crippen LogP contribution in [0, 0.1) is 19.7 Å². The average Bonchev–Trinajstić information content (AvgIpc) is 3.64. The predicted molar refractivity (Wildman–Crippen MR) is 154 cm³/mol. The van der Waals surface area contributed by atoms with Crippen LogP contribution < -0.4 is 5.32 Å². The van der Waals surface area contributed by atoms with Gasteiger partial charge in [-0.3, -0.25) is 5.10 Å². The van der Waals surface area contributed by atoms with Crippen LogP contribution >= 0.6 is 11.6 Å². The highest BCUT2D eigenvalue weighted by atomic mass is 35.5. The molecule has 0 bridgehead atoms. The number of tetrazole rings is 1. The van der Waals surface area contributed by atoms with Crippen LogP contribution in [0.1, 0.15) is 68.7 Å². The Hall–Kier alpha value is -3.93. The van der Waals surface area contributed by atoms with Crippen molar-refractivity contribution in [2.24, 2.45) is 9.98 Å². The summed E-state index contributed by atoms with van der Waals surface area (Å²) in [5.41, 5.74) is 3.12. The Kier molecular flexibility index (Phi) is 9.75. The maximum atomic E-state index is 15.5. The van der Waals surface area contributed by atoms with Gasteiger partial charge in [0.1, 0.15) is 18.0 Å². The standard InChI is InChI=1S/C27H34ClFN10O/c1-5-7-8-24(32-26(21(28)6-2)33-25-14-18(4)34-35-25)31-23-13-17(3)20(15-22(23)29)19-9-11-38(12-10-19)27(40)39-16-30-36-37-39/h6,13-16,19H,5,7-12H2,1-4H3,(H2,31,32,33,34,35)/b21-6+. The minimum atomic E-state index is -0.365. The third-order valence-corrected chi connectivity index (χ3v) is 7.16. The fraction of sp³-hybridized carbons (Fsp3) is 0.444. The van der Waals surface area contributed by atoms with Gasteiger partial charge in [0.05, 0.1) is 10.7 Å². The second-order valence-electron chi connectivity index (χ2n) is 9.76. The fourth-order valence-electron chi connectivity index (χ4n) is 4.61. The molecule has 4 rings (SSSR count). The number of amides is 1. The Morgan fingerprint density at radius 1 is 1.27 bits per heavy atom. The number of aliphatic imine (C=N–C) groups is 2. The molecule has 1 saturated heterocycles. The van der Waals surface area contributed by atoms with Crippen LogP contribution in [0.4, 0.5) is 20.7 Å². The van der Waals surface area contributed by atoms with Crippen LogP contribution in [-0.2, 0) is 0 Å². The molecule has 40 heavy (non-hydrogen) atoms. The first-order valence-corrected chi connectivity index (χ1v) is 13.8. The van der Waals surface area contributed by atoms with Gasteiger partial charge in [-0.2, -0.15) is 5.10 Å². The third-order valence-electron chi connectivity index (χ3n) is 6.77. The molecule has 2 N–H and O–H groups in total. The van der Waals surface area contributed by atoms with Crippen LogP contribution in [0.3, 0.4) is 0 Å². The molecular formula is C27H34ClFN10O. The van der Waals surface area contributed by atoms with Gasteiger partial charge in [-0.15, -0.1) is 9.78 Å². The molecule has 1 aliphatic heterocycles. The number of carbonyl (C=O) groups excluding carboxylic acids is 1. The van der Waals surface area contributed by atoms with Crippen LogP contribution in [0.15, 0.2) is 45.6 Å². The second kappa shape index (κ2) is 13.4. The van der Waals surface area contributed by atoms with Gasteiger partial charge in [0.15, 0.2) is 11.7 Å². The summed E-state index contributed by atoms with van der Waals surface area (Å²) < 4.78 is 16.6. The summed E-state index contributed by atoms with van der Waals surface area (Å²) in [7, 11) is 0. The number of rotatable bonds is 7. The first kappa shape index (κ1) is 29.1. The molecule has 3 heterocycles. The SMILES string of the molecule is C/C=C(/Cl)C(N=C(CCCC)Nc1cc(C)c(C2CCN(C(=O)n3cnnn3)CC2)cc1F)=Nc1cc(C)[nH]n1. The number of unbranched alkanes of at least 4 members (excludes halogenated alkanes) is 1. The Morgan fingerprint density at radius 2 is 2.05 bits per heavy atom. The molecule has 1 aromatic carbocycles. The number of nitrogens with zero attached hydrogens (tertiary/aromatic N) is 8. The van der Waals surface area contributed by atoms with E-state index in [-0.39, 0.29) is 17.8 Å². The van der Waals surface area contributed by atoms with Crippen molar-refractivity contribution in [2.75, 3.05) is 18.4 Å². The molecule has 1 fully saturated rings. The van der Waals surface area contributed by atoms with Crippen molar-refractivity contribution in [1.29, 1.82) is 0 Å². The van der Waals surface area contributed by atoms with Crippen LogP contribution in [0.5, 0.6) is 0 Å². The van der Waals surface area contributed by atoms with Gasteiger partial charge in [-0.25, -0.2) is 19.2 Å². The number of H-pyrrole nitrogens is 1. The van der Waals surface area contributed by atoms with E-state index in [0.29, 0.717) is 47.7 Å². The number of likely N-dealkylation sites (tertiary alicyclic amines) is 1. The zero-order chi connectivity index (χ0) is 28.6. The number of aryl methyl sites for hydroxylation is 2. The van der Waals surface area contributed by atoms with Gasteiger partial charge in [-0.05, 0) is 79.6 Å². The van der Waals surface area contributed by atoms with E-state index in [9.17, 15) is 4.79 Å². The maximum absolute atomic E-state index is 15.5. The van der Waals surface area contributed by atoms with Crippen LogP contribution in [0.2, 0.25) is 0 Å². The molecule has 0 spiro atoms. The van der Waals surface area contributed by atoms with Crippen molar-refractivity contribution in [3.05, 3.63) is 58.3 Å². The second-order valence-corrected chi connectivity index (χ2v) is 10.2. The number of amidine groups is 2. The van der Waals surface area contributed by atoms with E-state index in [1.807, 2.05) is 19.9 Å². The Labute approximate surface area is 237 Å². The maximum Gasteiger partial charge on any atom is 0.347 e. The smallest absolute Gasteiger partial charge is 0.341 e. The average molecular weight is 569 g/mol. The zero-order valence-electron chi connectivity index (χ0n) is 23.2. The number of piperidine rings is 1. The summed E-state index contributed by atoms with van der Waals surface area (Å²) in [6.45, 7) is 8.83. The number of aromatic amines is 1. The van der Waals surface area contributed by atoms with E-state index in [1.165, 1.54) is 6.33 Å². The van der Waals surface area contributed by atoms with E-state index in [1.54, 1.807) is 30.0 Å². The molecule has 11 nitrogen and oxygen atoms in total. The van der Waals surface area contributed by atoms with E-state index in [2.05, 4.69) is 43.0 Å². The molecule has 2 aromatic heterocycles. The Bertz CT molecular complexity index is 1400. The Balaban J connectivity index is 1.53. The summed E-state index contributed by atoms with van der Waals surface area (Å²) in [6, 6.07) is 4.95. The fourth-order valence-corrected chi connectivity index (χ4v) is 4.70. The molecule has 0 saturated carbocycles. The van der Waals surface area contributed by atoms with Gasteiger partial charge in [-0.1, -0.05) is 31.0 Å². The van der Waals surface area contributed by atoms with E-state index >= 15 is 4.39 Å². The third kappa shape index (κ3) is 7.17. The highest BCUT2D eigenvalue weighted by molar-refractivity contribution is 6.44. The molecule has 0 unspecified atom stereocenters. The van der Waals surface area contributed by atoms with E-state index in [0.717, 1.165) is 47.2 Å². The molecule has 13 heteroatoms. The first-order chi connectivity index (χ1) is 19.3. The highest BCUT2D eigenvalue weighted by Gasteiger charge is 2.27. The lowest BCUT2D eigenvalue weighted by Crippen LogP contribution is -2.40. The van der Waals surface area contributed by atoms with Gasteiger partial charge in [0, 0.05) is 31.3 Å². The van der Waals surface area contributed by atoms with E-state index < -0.39 is 0 Å². The molecule has 212 valence electrons. The molecule has 0 atom stereocenters. The van der Waals surface area contributed by atoms with Gasteiger partial charge in [0.25, 0.3) is 0 Å². The number of benzene rings is 1. The number of carbonyl (C=O) groups is 1. The summed E-state index contributed by atoms with van der Waals surface area (Å²) in [6.07, 6.45) is 6.83. The van der Waals surface area contributed by atoms with Gasteiger partial charge < -0.3 is 10.2 Å². The van der Waals surface area contributed by atoms with Gasteiger partial charge in [0.2, 0.25) is 0 Å². The van der Waals surface area contributed by atoms with Crippen molar-refractivity contribution in [1.82, 2.24) is 35.3 Å². The molecule has 3 aromatic rings. The number of anilines is 1. The minimum absolute atomic E-state index is 0.138. The molecule has 0 aliphatic carbocycles. The lowest BCUT2D eigenvalue weighted by Gasteiger charge is -2.32. The van der Waals surface area contributed by atoms with Crippen molar-refractivity contribution >= 4 is 40.8 Å². The normalized spacial score (nSPS) is 15.6.